The lowest BCUT2D eigenvalue weighted by atomic mass is 10.1. The number of ether oxygens (including phenoxy) is 2. The molecule has 0 atom stereocenters. The Morgan fingerprint density at radius 3 is 2.10 bits per heavy atom. The van der Waals surface area contributed by atoms with Gasteiger partial charge in [-0.2, -0.15) is 0 Å². The molecule has 0 spiro atoms. The normalized spacial score (nSPS) is 9.86. The van der Waals surface area contributed by atoms with Crippen LogP contribution >= 0.6 is 0 Å². The highest BCUT2D eigenvalue weighted by molar-refractivity contribution is 5.82. The highest BCUT2D eigenvalue weighted by Gasteiger charge is 2.19. The van der Waals surface area contributed by atoms with E-state index in [9.17, 15) is 19.7 Å². The van der Waals surface area contributed by atoms with Gasteiger partial charge in [0.1, 0.15) is 13.1 Å². The number of rotatable bonds is 6. The first-order chi connectivity index (χ1) is 9.88. The van der Waals surface area contributed by atoms with Crippen LogP contribution in [0.1, 0.15) is 5.56 Å². The highest BCUT2D eigenvalue weighted by atomic mass is 16.6. The second-order valence-corrected chi connectivity index (χ2v) is 4.24. The summed E-state index contributed by atoms with van der Waals surface area (Å²) in [4.78, 5) is 34.5. The Labute approximate surface area is 121 Å². The topological polar surface area (TPSA) is 99.0 Å². The number of non-ortho nitro benzene ring substituents is 1. The van der Waals surface area contributed by atoms with E-state index in [0.717, 1.165) is 0 Å². The Hall–Kier alpha value is -2.64. The summed E-state index contributed by atoms with van der Waals surface area (Å²) in [5.41, 5.74) is 1.03. The molecule has 0 radical (unpaired) electrons. The quantitative estimate of drug-likeness (QED) is 0.439. The molecule has 0 aliphatic carbocycles. The molecule has 0 fully saturated rings. The Bertz CT molecular complexity index is 540. The Morgan fingerprint density at radius 2 is 1.71 bits per heavy atom. The third-order valence-corrected chi connectivity index (χ3v) is 2.83. The van der Waals surface area contributed by atoms with Crippen molar-refractivity contribution in [1.82, 2.24) is 0 Å². The van der Waals surface area contributed by atoms with Crippen molar-refractivity contribution in [3.8, 4) is 0 Å². The van der Waals surface area contributed by atoms with Gasteiger partial charge in [-0.05, 0) is 18.6 Å². The van der Waals surface area contributed by atoms with Crippen molar-refractivity contribution in [2.45, 2.75) is 6.92 Å². The van der Waals surface area contributed by atoms with E-state index in [1.165, 1.54) is 37.3 Å². The van der Waals surface area contributed by atoms with Crippen molar-refractivity contribution in [3.05, 3.63) is 33.9 Å². The van der Waals surface area contributed by atoms with Crippen LogP contribution in [0, 0.1) is 17.0 Å². The molecule has 0 unspecified atom stereocenters. The fourth-order valence-electron chi connectivity index (χ4n) is 1.78. The van der Waals surface area contributed by atoms with Crippen molar-refractivity contribution in [2.75, 3.05) is 32.2 Å². The minimum atomic E-state index is -0.531. The number of methoxy groups -OCH3 is 2. The number of hydrogen-bond acceptors (Lipinski definition) is 7. The summed E-state index contributed by atoms with van der Waals surface area (Å²) in [7, 11) is 2.47. The SMILES string of the molecule is COC(=O)CN(CC(=O)OC)c1ccc([N+](=O)[O-])cc1C. The standard InChI is InChI=1S/C13H16N2O6/c1-9-6-10(15(18)19)4-5-11(9)14(7-12(16)20-2)8-13(17)21-3/h4-6H,7-8H2,1-3H3. The number of esters is 2. The number of carbonyl (C=O) groups is 2. The zero-order chi connectivity index (χ0) is 16.0. The van der Waals surface area contributed by atoms with E-state index in [1.807, 2.05) is 0 Å². The van der Waals surface area contributed by atoms with Crippen LogP contribution < -0.4 is 4.90 Å². The summed E-state index contributed by atoms with van der Waals surface area (Å²) in [6.07, 6.45) is 0. The third kappa shape index (κ3) is 4.44. The molecule has 114 valence electrons. The highest BCUT2D eigenvalue weighted by Crippen LogP contribution is 2.24. The minimum Gasteiger partial charge on any atom is -0.468 e. The first kappa shape index (κ1) is 16.4. The molecule has 0 heterocycles. The van der Waals surface area contributed by atoms with Gasteiger partial charge in [-0.3, -0.25) is 19.7 Å². The maximum Gasteiger partial charge on any atom is 0.325 e. The minimum absolute atomic E-state index is 0.0627. The van der Waals surface area contributed by atoms with E-state index >= 15 is 0 Å². The molecule has 0 aliphatic heterocycles. The van der Waals surface area contributed by atoms with Gasteiger partial charge < -0.3 is 14.4 Å². The van der Waals surface area contributed by atoms with Crippen LogP contribution in [0.2, 0.25) is 0 Å². The summed E-state index contributed by atoms with van der Waals surface area (Å²) < 4.78 is 9.16. The van der Waals surface area contributed by atoms with Gasteiger partial charge in [0, 0.05) is 17.8 Å². The van der Waals surface area contributed by atoms with Crippen LogP contribution in [0.3, 0.4) is 0 Å². The largest absolute Gasteiger partial charge is 0.468 e. The van der Waals surface area contributed by atoms with Crippen LogP contribution in [-0.4, -0.2) is 44.2 Å². The number of nitrogens with zero attached hydrogens (tertiary/aromatic N) is 2. The van der Waals surface area contributed by atoms with Crippen LogP contribution in [0.4, 0.5) is 11.4 Å². The molecule has 0 N–H and O–H groups in total. The van der Waals surface area contributed by atoms with Gasteiger partial charge in [-0.15, -0.1) is 0 Å². The van der Waals surface area contributed by atoms with Gasteiger partial charge in [-0.25, -0.2) is 0 Å². The zero-order valence-corrected chi connectivity index (χ0v) is 12.0. The van der Waals surface area contributed by atoms with E-state index in [1.54, 1.807) is 6.92 Å². The van der Waals surface area contributed by atoms with Crippen LogP contribution in [-0.2, 0) is 19.1 Å². The molecule has 1 rings (SSSR count). The summed E-state index contributed by atoms with van der Waals surface area (Å²) >= 11 is 0. The number of benzene rings is 1. The number of anilines is 1. The molecule has 1 aromatic carbocycles. The average molecular weight is 296 g/mol. The maximum atomic E-state index is 11.4. The lowest BCUT2D eigenvalue weighted by molar-refractivity contribution is -0.384. The fourth-order valence-corrected chi connectivity index (χ4v) is 1.78. The van der Waals surface area contributed by atoms with E-state index in [-0.39, 0.29) is 18.8 Å². The number of nitro benzene ring substituents is 1. The molecule has 0 saturated carbocycles. The van der Waals surface area contributed by atoms with Gasteiger partial charge in [0.2, 0.25) is 0 Å². The van der Waals surface area contributed by atoms with Crippen molar-refractivity contribution in [3.63, 3.8) is 0 Å². The Morgan fingerprint density at radius 1 is 1.19 bits per heavy atom. The number of aryl methyl sites for hydroxylation is 1. The summed E-state index contributed by atoms with van der Waals surface area (Å²) in [5.74, 6) is -1.06. The first-order valence-electron chi connectivity index (χ1n) is 6.02. The van der Waals surface area contributed by atoms with Gasteiger partial charge in [0.15, 0.2) is 0 Å². The van der Waals surface area contributed by atoms with E-state index in [2.05, 4.69) is 9.47 Å². The van der Waals surface area contributed by atoms with Crippen molar-refractivity contribution < 1.29 is 24.0 Å². The van der Waals surface area contributed by atoms with Crippen LogP contribution in [0.5, 0.6) is 0 Å². The van der Waals surface area contributed by atoms with Crippen molar-refractivity contribution >= 4 is 23.3 Å². The van der Waals surface area contributed by atoms with Crippen LogP contribution in [0.25, 0.3) is 0 Å². The molecule has 0 aromatic heterocycles. The molecule has 0 saturated heterocycles. The van der Waals surface area contributed by atoms with Crippen molar-refractivity contribution in [2.24, 2.45) is 0 Å². The molecule has 1 aromatic rings. The fraction of sp³-hybridized carbons (Fsp3) is 0.385. The smallest absolute Gasteiger partial charge is 0.325 e. The molecule has 21 heavy (non-hydrogen) atoms. The monoisotopic (exact) mass is 296 g/mol. The van der Waals surface area contributed by atoms with Gasteiger partial charge in [0.05, 0.1) is 19.1 Å². The van der Waals surface area contributed by atoms with E-state index in [4.69, 9.17) is 0 Å². The van der Waals surface area contributed by atoms with Crippen molar-refractivity contribution in [1.29, 1.82) is 0 Å². The summed E-state index contributed by atoms with van der Waals surface area (Å²) in [5, 5.41) is 10.7. The van der Waals surface area contributed by atoms with E-state index in [0.29, 0.717) is 11.3 Å². The Balaban J connectivity index is 3.09. The van der Waals surface area contributed by atoms with Gasteiger partial charge >= 0.3 is 11.9 Å². The number of hydrogen-bond donors (Lipinski definition) is 0. The predicted octanol–water partition coefficient (Wildman–Crippen LogP) is 1.06. The molecule has 0 amide bonds. The lowest BCUT2D eigenvalue weighted by Gasteiger charge is -2.23. The summed E-state index contributed by atoms with van der Waals surface area (Å²) in [6, 6.07) is 4.17. The second kappa shape index (κ2) is 7.22. The molecular weight excluding hydrogens is 280 g/mol. The average Bonchev–Trinajstić information content (AvgIpc) is 2.45. The third-order valence-electron chi connectivity index (χ3n) is 2.83. The molecular formula is C13H16N2O6. The predicted molar refractivity (Wildman–Crippen MR) is 74.1 cm³/mol. The zero-order valence-electron chi connectivity index (χ0n) is 12.0. The first-order valence-corrected chi connectivity index (χ1v) is 6.02. The maximum absolute atomic E-state index is 11.4. The summed E-state index contributed by atoms with van der Waals surface area (Å²) in [6.45, 7) is 1.33. The van der Waals surface area contributed by atoms with E-state index < -0.39 is 16.9 Å². The Kier molecular flexibility index (Phi) is 5.65. The van der Waals surface area contributed by atoms with Crippen LogP contribution in [0.15, 0.2) is 18.2 Å². The number of carbonyl (C=O) groups excluding carboxylic acids is 2. The van der Waals surface area contributed by atoms with Gasteiger partial charge in [0.25, 0.3) is 5.69 Å². The molecule has 0 bridgehead atoms. The second-order valence-electron chi connectivity index (χ2n) is 4.24. The molecule has 8 heteroatoms. The molecule has 8 nitrogen and oxygen atoms in total. The lowest BCUT2D eigenvalue weighted by Crippen LogP contribution is -2.36. The molecule has 0 aliphatic rings. The van der Waals surface area contributed by atoms with Gasteiger partial charge in [-0.1, -0.05) is 0 Å². The number of nitro groups is 1.